The lowest BCUT2D eigenvalue weighted by Crippen LogP contribution is -2.45. The zero-order valence-electron chi connectivity index (χ0n) is 16.1. The fraction of sp³-hybridized carbons (Fsp3) is 0.722. The topological polar surface area (TPSA) is 69.6 Å². The van der Waals surface area contributed by atoms with Crippen LogP contribution in [0.2, 0.25) is 0 Å². The van der Waals surface area contributed by atoms with Crippen LogP contribution in [-0.2, 0) is 16.8 Å². The number of aromatic nitrogens is 1. The Morgan fingerprint density at radius 1 is 1.44 bits per heavy atom. The molecule has 1 amide bonds. The molecule has 1 aliphatic rings. The monoisotopic (exact) mass is 365 g/mol. The van der Waals surface area contributed by atoms with Crippen molar-refractivity contribution >= 4 is 23.2 Å². The molecule has 0 bridgehead atoms. The van der Waals surface area contributed by atoms with E-state index in [1.165, 1.54) is 0 Å². The Morgan fingerprint density at radius 2 is 2.20 bits per heavy atom. The van der Waals surface area contributed by atoms with E-state index in [4.69, 9.17) is 4.98 Å². The Kier molecular flexibility index (Phi) is 6.81. The molecular weight excluding hydrogens is 334 g/mol. The van der Waals surface area contributed by atoms with Gasteiger partial charge >= 0.3 is 0 Å². The Labute approximate surface area is 155 Å². The number of thiazole rings is 1. The van der Waals surface area contributed by atoms with Crippen molar-refractivity contribution in [3.05, 3.63) is 16.1 Å². The van der Waals surface area contributed by atoms with Gasteiger partial charge in [-0.05, 0) is 13.3 Å². The minimum Gasteiger partial charge on any atom is -0.357 e. The van der Waals surface area contributed by atoms with Gasteiger partial charge in [0.15, 0.2) is 5.96 Å². The highest BCUT2D eigenvalue weighted by Crippen LogP contribution is 2.25. The van der Waals surface area contributed by atoms with Crippen LogP contribution in [0.15, 0.2) is 10.4 Å². The zero-order valence-corrected chi connectivity index (χ0v) is 16.9. The Morgan fingerprint density at radius 3 is 2.80 bits per heavy atom. The number of nitrogens with zero attached hydrogens (tertiary/aromatic N) is 3. The maximum Gasteiger partial charge on any atom is 0.222 e. The number of hydrogen-bond acceptors (Lipinski definition) is 4. The van der Waals surface area contributed by atoms with Gasteiger partial charge in [0.25, 0.3) is 0 Å². The minimum atomic E-state index is 0.0779. The summed E-state index contributed by atoms with van der Waals surface area (Å²) in [5, 5.41) is 9.97. The molecule has 25 heavy (non-hydrogen) atoms. The Balaban J connectivity index is 1.95. The summed E-state index contributed by atoms with van der Waals surface area (Å²) in [5.41, 5.74) is 1.08. The van der Waals surface area contributed by atoms with Gasteiger partial charge in [0.2, 0.25) is 5.91 Å². The number of carbonyl (C=O) groups is 1. The lowest BCUT2D eigenvalue weighted by Gasteiger charge is -2.18. The lowest BCUT2D eigenvalue weighted by atomic mass is 9.98. The second-order valence-electron chi connectivity index (χ2n) is 7.41. The van der Waals surface area contributed by atoms with Crippen molar-refractivity contribution in [1.29, 1.82) is 0 Å². The van der Waals surface area contributed by atoms with Crippen LogP contribution in [0.3, 0.4) is 0 Å². The van der Waals surface area contributed by atoms with Crippen molar-refractivity contribution < 1.29 is 4.79 Å². The highest BCUT2D eigenvalue weighted by molar-refractivity contribution is 7.09. The molecule has 1 aliphatic heterocycles. The largest absolute Gasteiger partial charge is 0.357 e. The number of nitrogens with one attached hydrogen (secondary N) is 2. The molecule has 1 unspecified atom stereocenters. The summed E-state index contributed by atoms with van der Waals surface area (Å²) < 4.78 is 0. The molecule has 0 saturated carbocycles. The van der Waals surface area contributed by atoms with E-state index in [1.54, 1.807) is 11.3 Å². The van der Waals surface area contributed by atoms with Crippen LogP contribution >= 0.6 is 11.3 Å². The maximum absolute atomic E-state index is 11.8. The van der Waals surface area contributed by atoms with E-state index < -0.39 is 0 Å². The number of aliphatic imine (C=N–C) groups is 1. The number of carbonyl (C=O) groups excluding carboxylic acids is 1. The van der Waals surface area contributed by atoms with E-state index in [0.29, 0.717) is 13.0 Å². The average Bonchev–Trinajstić information content (AvgIpc) is 3.21. The quantitative estimate of drug-likeness (QED) is 0.621. The van der Waals surface area contributed by atoms with Crippen molar-refractivity contribution in [2.75, 3.05) is 19.6 Å². The molecule has 1 fully saturated rings. The predicted molar refractivity (Wildman–Crippen MR) is 104 cm³/mol. The fourth-order valence-corrected chi connectivity index (χ4v) is 3.62. The molecule has 0 aromatic carbocycles. The van der Waals surface area contributed by atoms with E-state index in [9.17, 15) is 4.79 Å². The van der Waals surface area contributed by atoms with Gasteiger partial charge in [-0.15, -0.1) is 11.3 Å². The summed E-state index contributed by atoms with van der Waals surface area (Å²) in [4.78, 5) is 23.1. The maximum atomic E-state index is 11.8. The van der Waals surface area contributed by atoms with Gasteiger partial charge in [-0.25, -0.2) is 9.98 Å². The van der Waals surface area contributed by atoms with Crippen LogP contribution in [0.4, 0.5) is 0 Å². The highest BCUT2D eigenvalue weighted by Gasteiger charge is 2.25. The van der Waals surface area contributed by atoms with Crippen molar-refractivity contribution in [2.24, 2.45) is 4.99 Å². The van der Waals surface area contributed by atoms with Gasteiger partial charge in [0.1, 0.15) is 0 Å². The number of guanidine groups is 1. The molecule has 7 heteroatoms. The van der Waals surface area contributed by atoms with Gasteiger partial charge in [-0.1, -0.05) is 27.7 Å². The smallest absolute Gasteiger partial charge is 0.222 e. The SMILES string of the molecule is CCNC(=NCc1csc(C(C)(C)C)n1)NC1CCN(C(=O)CC)C1. The molecule has 1 saturated heterocycles. The Hall–Kier alpha value is -1.63. The molecule has 2 N–H and O–H groups in total. The van der Waals surface area contributed by atoms with Gasteiger partial charge in [-0.3, -0.25) is 4.79 Å². The van der Waals surface area contributed by atoms with Crippen LogP contribution in [0.25, 0.3) is 0 Å². The fourth-order valence-electron chi connectivity index (χ4n) is 2.73. The van der Waals surface area contributed by atoms with E-state index in [1.807, 2.05) is 11.8 Å². The van der Waals surface area contributed by atoms with E-state index in [-0.39, 0.29) is 17.4 Å². The molecule has 0 aliphatic carbocycles. The number of amides is 1. The summed E-state index contributed by atoms with van der Waals surface area (Å²) in [6, 6.07) is 0.258. The van der Waals surface area contributed by atoms with E-state index in [0.717, 1.165) is 42.7 Å². The summed E-state index contributed by atoms with van der Waals surface area (Å²) >= 11 is 1.70. The van der Waals surface area contributed by atoms with Crippen molar-refractivity contribution in [3.8, 4) is 0 Å². The predicted octanol–water partition coefficient (Wildman–Crippen LogP) is 2.51. The summed E-state index contributed by atoms with van der Waals surface area (Å²) in [6.07, 6.45) is 1.53. The highest BCUT2D eigenvalue weighted by atomic mass is 32.1. The standard InChI is InChI=1S/C18H31N5OS/c1-6-15(24)23-9-8-13(11-23)22-17(19-7-2)20-10-14-12-25-16(21-14)18(3,4)5/h12-13H,6-11H2,1-5H3,(H2,19,20,22). The first-order valence-corrected chi connectivity index (χ1v) is 9.99. The van der Waals surface area contributed by atoms with Crippen LogP contribution in [0, 0.1) is 0 Å². The zero-order chi connectivity index (χ0) is 18.4. The molecule has 2 rings (SSSR count). The molecular formula is C18H31N5OS. The molecule has 0 spiro atoms. The summed E-state index contributed by atoms with van der Waals surface area (Å²) in [7, 11) is 0. The van der Waals surface area contributed by atoms with Crippen LogP contribution in [0.5, 0.6) is 0 Å². The second kappa shape index (κ2) is 8.65. The normalized spacial score (nSPS) is 18.5. The summed E-state index contributed by atoms with van der Waals surface area (Å²) in [5.74, 6) is 1.02. The second-order valence-corrected chi connectivity index (χ2v) is 8.27. The van der Waals surface area contributed by atoms with Gasteiger partial charge < -0.3 is 15.5 Å². The average molecular weight is 366 g/mol. The number of hydrogen-bond donors (Lipinski definition) is 2. The Bertz CT molecular complexity index is 605. The van der Waals surface area contributed by atoms with Crippen molar-refractivity contribution in [3.63, 3.8) is 0 Å². The first-order chi connectivity index (χ1) is 11.8. The number of rotatable bonds is 5. The van der Waals surface area contributed by atoms with Crippen LogP contribution < -0.4 is 10.6 Å². The lowest BCUT2D eigenvalue weighted by molar-refractivity contribution is -0.129. The molecule has 2 heterocycles. The molecule has 1 aromatic heterocycles. The molecule has 6 nitrogen and oxygen atoms in total. The van der Waals surface area contributed by atoms with Gasteiger partial charge in [-0.2, -0.15) is 0 Å². The first-order valence-electron chi connectivity index (χ1n) is 9.11. The van der Waals surface area contributed by atoms with E-state index >= 15 is 0 Å². The van der Waals surface area contributed by atoms with Gasteiger partial charge in [0.05, 0.1) is 17.2 Å². The minimum absolute atomic E-state index is 0.0779. The molecule has 1 aromatic rings. The third-order valence-electron chi connectivity index (χ3n) is 4.12. The number of likely N-dealkylation sites (tertiary alicyclic amines) is 1. The molecule has 0 radical (unpaired) electrons. The third kappa shape index (κ3) is 5.70. The molecule has 1 atom stereocenters. The summed E-state index contributed by atoms with van der Waals surface area (Å²) in [6.45, 7) is 13.4. The van der Waals surface area contributed by atoms with Crippen LogP contribution in [-0.4, -0.2) is 47.4 Å². The third-order valence-corrected chi connectivity index (χ3v) is 5.44. The van der Waals surface area contributed by atoms with Gasteiger partial charge in [0, 0.05) is 42.9 Å². The van der Waals surface area contributed by atoms with Crippen molar-refractivity contribution in [2.45, 2.75) is 65.5 Å². The van der Waals surface area contributed by atoms with Crippen molar-refractivity contribution in [1.82, 2.24) is 20.5 Å². The van der Waals surface area contributed by atoms with Crippen LogP contribution in [0.1, 0.15) is 58.2 Å². The molecule has 140 valence electrons. The van der Waals surface area contributed by atoms with E-state index in [2.05, 4.69) is 48.7 Å². The first kappa shape index (κ1) is 19.7.